The molecule has 0 saturated carbocycles. The topological polar surface area (TPSA) is 60.0 Å². The smallest absolute Gasteiger partial charge is 0.412 e. The van der Waals surface area contributed by atoms with Crippen LogP contribution < -0.4 is 5.32 Å². The molecule has 0 aromatic rings. The molecule has 6 nitrogen and oxygen atoms in total. The van der Waals surface area contributed by atoms with Gasteiger partial charge in [0, 0.05) is 13.1 Å². The van der Waals surface area contributed by atoms with E-state index in [1.54, 1.807) is 4.90 Å². The predicted octanol–water partition coefficient (Wildman–Crippen LogP) is 0.958. The summed E-state index contributed by atoms with van der Waals surface area (Å²) in [7, 11) is 0. The van der Waals surface area contributed by atoms with Crippen molar-refractivity contribution >= 4 is 6.09 Å². The van der Waals surface area contributed by atoms with Crippen LogP contribution in [0.4, 0.5) is 4.79 Å². The Hall–Kier alpha value is -0.850. The Labute approximate surface area is 119 Å². The fraction of sp³-hybridized carbons (Fsp3) is 0.929. The van der Waals surface area contributed by atoms with Crippen LogP contribution in [0.5, 0.6) is 0 Å². The van der Waals surface area contributed by atoms with E-state index in [-0.39, 0.29) is 12.3 Å². The lowest BCUT2D eigenvalue weighted by atomic mass is 9.80. The number of rotatable bonds is 0. The molecular weight excluding hydrogens is 260 g/mol. The van der Waals surface area contributed by atoms with E-state index in [0.717, 1.165) is 19.5 Å². The van der Waals surface area contributed by atoms with Gasteiger partial charge in [-0.2, -0.15) is 0 Å². The summed E-state index contributed by atoms with van der Waals surface area (Å²) in [6.45, 7) is 9.06. The van der Waals surface area contributed by atoms with Gasteiger partial charge >= 0.3 is 6.09 Å². The maximum absolute atomic E-state index is 12.4. The minimum absolute atomic E-state index is 0.302. The quantitative estimate of drug-likeness (QED) is 0.718. The molecule has 2 bridgehead atoms. The van der Waals surface area contributed by atoms with E-state index in [4.69, 9.17) is 14.2 Å². The summed E-state index contributed by atoms with van der Waals surface area (Å²) >= 11 is 0. The minimum Gasteiger partial charge on any atom is -0.444 e. The Morgan fingerprint density at radius 2 is 2.20 bits per heavy atom. The Bertz CT molecular complexity index is 391. The molecule has 20 heavy (non-hydrogen) atoms. The van der Waals surface area contributed by atoms with Crippen LogP contribution in [0, 0.1) is 5.92 Å². The first-order chi connectivity index (χ1) is 9.40. The highest BCUT2D eigenvalue weighted by atomic mass is 16.6. The van der Waals surface area contributed by atoms with E-state index in [0.29, 0.717) is 25.7 Å². The summed E-state index contributed by atoms with van der Waals surface area (Å²) in [5.41, 5.74) is -0.902. The van der Waals surface area contributed by atoms with Crippen molar-refractivity contribution in [2.24, 2.45) is 5.92 Å². The first-order valence-corrected chi connectivity index (χ1v) is 7.36. The fourth-order valence-electron chi connectivity index (χ4n) is 3.41. The molecule has 1 N–H and O–H groups in total. The average molecular weight is 284 g/mol. The summed E-state index contributed by atoms with van der Waals surface area (Å²) in [4.78, 5) is 14.2. The molecule has 3 atom stereocenters. The molecule has 0 radical (unpaired) electrons. The SMILES string of the molecule is CC(C)(C)OC(=O)N1CC2CNCC3(C2)OCCOC13. The van der Waals surface area contributed by atoms with Crippen molar-refractivity contribution in [1.82, 2.24) is 10.2 Å². The van der Waals surface area contributed by atoms with Crippen molar-refractivity contribution < 1.29 is 19.0 Å². The van der Waals surface area contributed by atoms with Crippen molar-refractivity contribution in [3.05, 3.63) is 0 Å². The minimum atomic E-state index is -0.495. The zero-order valence-electron chi connectivity index (χ0n) is 12.5. The number of hydrogen-bond donors (Lipinski definition) is 1. The highest BCUT2D eigenvalue weighted by Crippen LogP contribution is 2.39. The first-order valence-electron chi connectivity index (χ1n) is 7.36. The van der Waals surface area contributed by atoms with Gasteiger partial charge in [-0.25, -0.2) is 4.79 Å². The Balaban J connectivity index is 1.81. The average Bonchev–Trinajstić information content (AvgIpc) is 2.35. The molecule has 3 unspecified atom stereocenters. The third-order valence-electron chi connectivity index (χ3n) is 4.06. The second kappa shape index (κ2) is 4.86. The van der Waals surface area contributed by atoms with Crippen LogP contribution in [0.25, 0.3) is 0 Å². The first kappa shape index (κ1) is 14.1. The van der Waals surface area contributed by atoms with Gasteiger partial charge in [-0.1, -0.05) is 0 Å². The van der Waals surface area contributed by atoms with Crippen molar-refractivity contribution in [3.8, 4) is 0 Å². The fourth-order valence-corrected chi connectivity index (χ4v) is 3.41. The van der Waals surface area contributed by atoms with E-state index >= 15 is 0 Å². The lowest BCUT2D eigenvalue weighted by molar-refractivity contribution is -0.273. The number of amides is 1. The molecule has 3 rings (SSSR count). The number of nitrogens with zero attached hydrogens (tertiary/aromatic N) is 1. The standard InChI is InChI=1S/C14H24N2O4/c1-13(2,3)20-12(17)16-8-10-6-14(9-15-7-10)11(16)18-4-5-19-14/h10-11,15H,4-9H2,1-3H3. The lowest BCUT2D eigenvalue weighted by Gasteiger charge is -2.55. The van der Waals surface area contributed by atoms with Crippen LogP contribution in [-0.4, -0.2) is 61.3 Å². The van der Waals surface area contributed by atoms with Gasteiger partial charge in [0.25, 0.3) is 0 Å². The molecule has 0 aromatic heterocycles. The molecule has 3 aliphatic heterocycles. The second-order valence-electron chi connectivity index (χ2n) is 6.97. The normalized spacial score (nSPS) is 37.2. The largest absolute Gasteiger partial charge is 0.444 e. The van der Waals surface area contributed by atoms with Gasteiger partial charge in [-0.15, -0.1) is 0 Å². The number of hydrogen-bond acceptors (Lipinski definition) is 5. The van der Waals surface area contributed by atoms with Crippen molar-refractivity contribution in [2.75, 3.05) is 32.8 Å². The highest BCUT2D eigenvalue weighted by molar-refractivity contribution is 5.69. The van der Waals surface area contributed by atoms with E-state index in [9.17, 15) is 4.79 Å². The van der Waals surface area contributed by atoms with Crippen LogP contribution in [0.1, 0.15) is 27.2 Å². The molecule has 3 fully saturated rings. The Morgan fingerprint density at radius 3 is 2.95 bits per heavy atom. The molecule has 6 heteroatoms. The zero-order chi connectivity index (χ0) is 14.4. The van der Waals surface area contributed by atoms with E-state index < -0.39 is 11.2 Å². The molecule has 1 spiro atoms. The number of carbonyl (C=O) groups excluding carboxylic acids is 1. The van der Waals surface area contributed by atoms with Crippen LogP contribution in [-0.2, 0) is 14.2 Å². The number of ether oxygens (including phenoxy) is 3. The summed E-state index contributed by atoms with van der Waals surface area (Å²) in [5.74, 6) is 0.397. The lowest BCUT2D eigenvalue weighted by Crippen LogP contribution is -2.72. The number of piperidine rings is 2. The third-order valence-corrected chi connectivity index (χ3v) is 4.06. The molecule has 1 amide bonds. The molecule has 114 valence electrons. The maximum Gasteiger partial charge on any atom is 0.412 e. The molecule has 3 heterocycles. The van der Waals surface area contributed by atoms with E-state index in [1.165, 1.54) is 0 Å². The van der Waals surface area contributed by atoms with Gasteiger partial charge in [0.15, 0.2) is 6.23 Å². The zero-order valence-corrected chi connectivity index (χ0v) is 12.5. The third kappa shape index (κ3) is 2.52. The van der Waals surface area contributed by atoms with Crippen molar-refractivity contribution in [2.45, 2.75) is 44.6 Å². The van der Waals surface area contributed by atoms with Crippen molar-refractivity contribution in [3.63, 3.8) is 0 Å². The number of fused-ring (bicyclic) bond motifs is 1. The van der Waals surface area contributed by atoms with Gasteiger partial charge < -0.3 is 19.5 Å². The number of likely N-dealkylation sites (tertiary alicyclic amines) is 1. The molecular formula is C14H24N2O4. The van der Waals surface area contributed by atoms with Crippen LogP contribution >= 0.6 is 0 Å². The summed E-state index contributed by atoms with van der Waals surface area (Å²) in [6, 6.07) is 0. The van der Waals surface area contributed by atoms with Gasteiger partial charge in [-0.3, -0.25) is 4.90 Å². The highest BCUT2D eigenvalue weighted by Gasteiger charge is 2.55. The van der Waals surface area contributed by atoms with Gasteiger partial charge in [-0.05, 0) is 39.7 Å². The van der Waals surface area contributed by atoms with Crippen molar-refractivity contribution in [1.29, 1.82) is 0 Å². The predicted molar refractivity (Wildman–Crippen MR) is 72.3 cm³/mol. The monoisotopic (exact) mass is 284 g/mol. The van der Waals surface area contributed by atoms with Gasteiger partial charge in [0.05, 0.1) is 13.2 Å². The van der Waals surface area contributed by atoms with Crippen LogP contribution in [0.15, 0.2) is 0 Å². The van der Waals surface area contributed by atoms with Gasteiger partial charge in [0.1, 0.15) is 11.2 Å². The summed E-state index contributed by atoms with van der Waals surface area (Å²) in [6.07, 6.45) is 0.309. The Kier molecular flexibility index (Phi) is 3.43. The maximum atomic E-state index is 12.4. The van der Waals surface area contributed by atoms with Gasteiger partial charge in [0.2, 0.25) is 0 Å². The second-order valence-corrected chi connectivity index (χ2v) is 6.97. The van der Waals surface area contributed by atoms with Crippen LogP contribution in [0.2, 0.25) is 0 Å². The van der Waals surface area contributed by atoms with Crippen LogP contribution in [0.3, 0.4) is 0 Å². The number of carbonyl (C=O) groups is 1. The molecule has 3 saturated heterocycles. The summed E-state index contributed by atoms with van der Waals surface area (Å²) in [5, 5.41) is 3.40. The van der Waals surface area contributed by atoms with E-state index in [2.05, 4.69) is 5.32 Å². The Morgan fingerprint density at radius 1 is 1.40 bits per heavy atom. The molecule has 0 aliphatic carbocycles. The van der Waals surface area contributed by atoms with E-state index in [1.807, 2.05) is 20.8 Å². The summed E-state index contributed by atoms with van der Waals surface area (Å²) < 4.78 is 17.4. The molecule has 3 aliphatic rings. The molecule has 0 aromatic carbocycles. The number of nitrogens with one attached hydrogen (secondary N) is 1.